The number of hydrogen-bond donors (Lipinski definition) is 2. The number of fused-ring (bicyclic) bond motifs is 1. The third-order valence-electron chi connectivity index (χ3n) is 2.29. The number of carboxylic acid groups (broad SMARTS) is 1. The van der Waals surface area contributed by atoms with Crippen molar-refractivity contribution in [1.29, 1.82) is 0 Å². The lowest BCUT2D eigenvalue weighted by atomic mass is 10.3. The number of amides is 1. The Morgan fingerprint density at radius 2 is 2.33 bits per heavy atom. The first kappa shape index (κ1) is 12.4. The molecule has 0 saturated carbocycles. The maximum absolute atomic E-state index is 11.6. The summed E-state index contributed by atoms with van der Waals surface area (Å²) in [5.41, 5.74) is 0.412. The number of hydrogen-bond acceptors (Lipinski definition) is 5. The van der Waals surface area contributed by atoms with E-state index in [1.165, 1.54) is 12.3 Å². The number of sulfonamides is 1. The summed E-state index contributed by atoms with van der Waals surface area (Å²) in [6, 6.07) is 1.37. The molecule has 2 N–H and O–H groups in total. The Bertz CT molecular complexity index is 586. The first-order chi connectivity index (χ1) is 8.38. The maximum atomic E-state index is 11.6. The van der Waals surface area contributed by atoms with Gasteiger partial charge in [-0.15, -0.1) is 0 Å². The summed E-state index contributed by atoms with van der Waals surface area (Å²) in [4.78, 5) is 14.4. The molecule has 0 aromatic carbocycles. The molecule has 98 valence electrons. The van der Waals surface area contributed by atoms with Gasteiger partial charge in [-0.1, -0.05) is 0 Å². The van der Waals surface area contributed by atoms with E-state index in [9.17, 15) is 13.2 Å². The standard InChI is InChI=1S/C9H11N3O5S/c1-18(15,16)12-2-3-17-8-7(12)4-6(5-10-8)11-9(13)14/h4-5,11H,2-3H2,1H3,(H,13,14). The molecule has 2 heterocycles. The molecule has 8 nitrogen and oxygen atoms in total. The molecule has 0 aliphatic carbocycles. The van der Waals surface area contributed by atoms with Crippen molar-refractivity contribution >= 4 is 27.5 Å². The van der Waals surface area contributed by atoms with Crippen LogP contribution in [0, 0.1) is 0 Å². The first-order valence-electron chi connectivity index (χ1n) is 4.98. The van der Waals surface area contributed by atoms with Gasteiger partial charge in [0.1, 0.15) is 12.3 Å². The van der Waals surface area contributed by atoms with Gasteiger partial charge in [0.2, 0.25) is 15.9 Å². The smallest absolute Gasteiger partial charge is 0.409 e. The zero-order valence-corrected chi connectivity index (χ0v) is 10.3. The zero-order chi connectivity index (χ0) is 13.3. The normalized spacial score (nSPS) is 14.6. The van der Waals surface area contributed by atoms with Gasteiger partial charge in [-0.2, -0.15) is 0 Å². The number of ether oxygens (including phenoxy) is 1. The minimum Gasteiger partial charge on any atom is -0.474 e. The summed E-state index contributed by atoms with van der Waals surface area (Å²) in [6.45, 7) is 0.378. The van der Waals surface area contributed by atoms with Gasteiger partial charge in [-0.3, -0.25) is 9.62 Å². The molecule has 1 amide bonds. The van der Waals surface area contributed by atoms with Crippen LogP contribution >= 0.6 is 0 Å². The number of nitrogens with one attached hydrogen (secondary N) is 1. The van der Waals surface area contributed by atoms with E-state index >= 15 is 0 Å². The molecule has 0 saturated heterocycles. The van der Waals surface area contributed by atoms with Crippen LogP contribution in [-0.4, -0.2) is 44.0 Å². The van der Waals surface area contributed by atoms with Crippen molar-refractivity contribution in [1.82, 2.24) is 4.98 Å². The Kier molecular flexibility index (Phi) is 2.99. The largest absolute Gasteiger partial charge is 0.474 e. The predicted molar refractivity (Wildman–Crippen MR) is 63.6 cm³/mol. The highest BCUT2D eigenvalue weighted by atomic mass is 32.2. The number of pyridine rings is 1. The molecule has 1 aliphatic heterocycles. The van der Waals surface area contributed by atoms with Crippen LogP contribution in [0.5, 0.6) is 5.88 Å². The fourth-order valence-electron chi connectivity index (χ4n) is 1.61. The van der Waals surface area contributed by atoms with Gasteiger partial charge in [-0.25, -0.2) is 18.2 Å². The molecule has 0 radical (unpaired) electrons. The third-order valence-corrected chi connectivity index (χ3v) is 3.47. The fraction of sp³-hybridized carbons (Fsp3) is 0.333. The average molecular weight is 273 g/mol. The van der Waals surface area contributed by atoms with Crippen molar-refractivity contribution in [3.8, 4) is 5.88 Å². The SMILES string of the molecule is CS(=O)(=O)N1CCOc2ncc(NC(=O)O)cc21. The molecule has 1 aromatic heterocycles. The Labute approximate surface area is 103 Å². The first-order valence-corrected chi connectivity index (χ1v) is 6.83. The third kappa shape index (κ3) is 2.45. The average Bonchev–Trinajstić information content (AvgIpc) is 2.26. The van der Waals surface area contributed by atoms with Gasteiger partial charge in [-0.05, 0) is 6.07 Å². The van der Waals surface area contributed by atoms with Crippen LogP contribution in [0.25, 0.3) is 0 Å². The second-order valence-corrected chi connectivity index (χ2v) is 5.57. The van der Waals surface area contributed by atoms with E-state index in [1.54, 1.807) is 0 Å². The summed E-state index contributed by atoms with van der Waals surface area (Å²) in [7, 11) is -3.45. The van der Waals surface area contributed by atoms with Crippen molar-refractivity contribution in [2.75, 3.05) is 29.0 Å². The second kappa shape index (κ2) is 4.33. The van der Waals surface area contributed by atoms with Crippen molar-refractivity contribution in [3.05, 3.63) is 12.3 Å². The van der Waals surface area contributed by atoms with E-state index in [2.05, 4.69) is 10.3 Å². The van der Waals surface area contributed by atoms with Crippen LogP contribution in [-0.2, 0) is 10.0 Å². The van der Waals surface area contributed by atoms with E-state index in [4.69, 9.17) is 9.84 Å². The molecule has 2 rings (SSSR count). The van der Waals surface area contributed by atoms with Crippen LogP contribution in [0.15, 0.2) is 12.3 Å². The number of anilines is 2. The number of carbonyl (C=O) groups is 1. The minimum absolute atomic E-state index is 0.169. The summed E-state index contributed by atoms with van der Waals surface area (Å²) >= 11 is 0. The number of nitrogens with zero attached hydrogens (tertiary/aromatic N) is 2. The van der Waals surface area contributed by atoms with Gasteiger partial charge in [0.05, 0.1) is 24.7 Å². The molecular weight excluding hydrogens is 262 g/mol. The monoisotopic (exact) mass is 273 g/mol. The highest BCUT2D eigenvalue weighted by molar-refractivity contribution is 7.92. The molecule has 0 spiro atoms. The van der Waals surface area contributed by atoms with Gasteiger partial charge < -0.3 is 9.84 Å². The highest BCUT2D eigenvalue weighted by Crippen LogP contribution is 2.33. The molecule has 0 bridgehead atoms. The highest BCUT2D eigenvalue weighted by Gasteiger charge is 2.26. The van der Waals surface area contributed by atoms with Crippen LogP contribution in [0.2, 0.25) is 0 Å². The minimum atomic E-state index is -3.45. The topological polar surface area (TPSA) is 109 Å². The summed E-state index contributed by atoms with van der Waals surface area (Å²) in [5.74, 6) is 0.169. The van der Waals surface area contributed by atoms with Gasteiger partial charge in [0.15, 0.2) is 0 Å². The van der Waals surface area contributed by atoms with Crippen molar-refractivity contribution in [2.24, 2.45) is 0 Å². The lowest BCUT2D eigenvalue weighted by Gasteiger charge is -2.28. The van der Waals surface area contributed by atoms with Crippen LogP contribution in [0.3, 0.4) is 0 Å². The molecule has 0 unspecified atom stereocenters. The molecule has 0 atom stereocenters. The van der Waals surface area contributed by atoms with E-state index < -0.39 is 16.1 Å². The Hall–Kier alpha value is -2.03. The Morgan fingerprint density at radius 3 is 2.94 bits per heavy atom. The van der Waals surface area contributed by atoms with Crippen molar-refractivity contribution < 1.29 is 23.1 Å². The zero-order valence-electron chi connectivity index (χ0n) is 9.45. The molecule has 9 heteroatoms. The maximum Gasteiger partial charge on any atom is 0.409 e. The molecular formula is C9H11N3O5S. The van der Waals surface area contributed by atoms with E-state index in [0.717, 1.165) is 10.6 Å². The lowest BCUT2D eigenvalue weighted by Crippen LogP contribution is -2.37. The quantitative estimate of drug-likeness (QED) is 0.803. The molecule has 18 heavy (non-hydrogen) atoms. The summed E-state index contributed by atoms with van der Waals surface area (Å²) in [5, 5.41) is 10.7. The van der Waals surface area contributed by atoms with Crippen LogP contribution in [0.4, 0.5) is 16.2 Å². The summed E-state index contributed by atoms with van der Waals surface area (Å²) < 4.78 is 29.5. The fourth-order valence-corrected chi connectivity index (χ4v) is 2.51. The molecule has 0 fully saturated rings. The van der Waals surface area contributed by atoms with E-state index in [-0.39, 0.29) is 30.4 Å². The molecule has 1 aromatic rings. The summed E-state index contributed by atoms with van der Waals surface area (Å²) in [6.07, 6.45) is 1.08. The number of aromatic nitrogens is 1. The van der Waals surface area contributed by atoms with Crippen molar-refractivity contribution in [3.63, 3.8) is 0 Å². The van der Waals surface area contributed by atoms with Gasteiger partial charge in [0, 0.05) is 0 Å². The van der Waals surface area contributed by atoms with E-state index in [0.29, 0.717) is 0 Å². The van der Waals surface area contributed by atoms with Crippen LogP contribution < -0.4 is 14.4 Å². The Balaban J connectivity index is 2.44. The predicted octanol–water partition coefficient (Wildman–Crippen LogP) is 0.330. The lowest BCUT2D eigenvalue weighted by molar-refractivity contribution is 0.209. The van der Waals surface area contributed by atoms with Gasteiger partial charge in [0.25, 0.3) is 0 Å². The Morgan fingerprint density at radius 1 is 1.61 bits per heavy atom. The van der Waals surface area contributed by atoms with Crippen molar-refractivity contribution in [2.45, 2.75) is 0 Å². The second-order valence-electron chi connectivity index (χ2n) is 3.66. The van der Waals surface area contributed by atoms with Gasteiger partial charge >= 0.3 is 6.09 Å². The van der Waals surface area contributed by atoms with Crippen LogP contribution in [0.1, 0.15) is 0 Å². The molecule has 1 aliphatic rings. The van der Waals surface area contributed by atoms with E-state index in [1.807, 2.05) is 0 Å². The number of rotatable bonds is 2.